The van der Waals surface area contributed by atoms with Crippen LogP contribution in [-0.4, -0.2) is 0 Å². The highest BCUT2D eigenvalue weighted by atomic mass is 14.5. The Morgan fingerprint density at radius 3 is 2.08 bits per heavy atom. The highest BCUT2D eigenvalue weighted by Crippen LogP contribution is 2.01. The lowest BCUT2D eigenvalue weighted by Gasteiger charge is -1.93. The predicted molar refractivity (Wildman–Crippen MR) is 50.4 cm³/mol. The van der Waals surface area contributed by atoms with Gasteiger partial charge in [0.05, 0.1) is 11.6 Å². The number of benzene rings is 1. The Bertz CT molecular complexity index is 244. The summed E-state index contributed by atoms with van der Waals surface area (Å²) in [6, 6.07) is 9.29. The van der Waals surface area contributed by atoms with E-state index in [-0.39, 0.29) is 0 Å². The van der Waals surface area contributed by atoms with E-state index < -0.39 is 0 Å². The van der Waals surface area contributed by atoms with Crippen LogP contribution in [0, 0.1) is 11.3 Å². The summed E-state index contributed by atoms with van der Waals surface area (Å²) >= 11 is 0. The van der Waals surface area contributed by atoms with Crippen LogP contribution in [0.3, 0.4) is 0 Å². The molecule has 0 bridgehead atoms. The molecule has 2 nitrogen and oxygen atoms in total. The van der Waals surface area contributed by atoms with Crippen molar-refractivity contribution in [2.45, 2.75) is 20.4 Å². The monoisotopic (exact) mass is 162 g/mol. The molecule has 0 amide bonds. The van der Waals surface area contributed by atoms with E-state index in [0.717, 1.165) is 5.56 Å². The number of hydrogen-bond donors (Lipinski definition) is 1. The summed E-state index contributed by atoms with van der Waals surface area (Å²) in [5, 5.41) is 8.42. The Morgan fingerprint density at radius 2 is 1.75 bits per heavy atom. The second-order valence-corrected chi connectivity index (χ2v) is 2.01. The standard InChI is InChI=1S/C8H8N2.C2H6/c9-5-7-1-2-8(6-10)4-3-7;1-2/h1-4H,5,9H2;1-2H3. The van der Waals surface area contributed by atoms with Crippen molar-refractivity contribution in [3.05, 3.63) is 35.4 Å². The molecule has 1 rings (SSSR count). The minimum atomic E-state index is 0.533. The molecule has 64 valence electrons. The van der Waals surface area contributed by atoms with Crippen LogP contribution in [0.4, 0.5) is 0 Å². The third-order valence-electron chi connectivity index (χ3n) is 1.32. The molecule has 0 atom stereocenters. The molecule has 0 saturated carbocycles. The van der Waals surface area contributed by atoms with E-state index in [4.69, 9.17) is 11.0 Å². The largest absolute Gasteiger partial charge is 0.326 e. The molecule has 12 heavy (non-hydrogen) atoms. The molecule has 0 heterocycles. The Hall–Kier alpha value is -1.33. The highest BCUT2D eigenvalue weighted by molar-refractivity contribution is 5.31. The second-order valence-electron chi connectivity index (χ2n) is 2.01. The van der Waals surface area contributed by atoms with Gasteiger partial charge in [-0.1, -0.05) is 26.0 Å². The first kappa shape index (κ1) is 10.7. The quantitative estimate of drug-likeness (QED) is 0.687. The van der Waals surface area contributed by atoms with Crippen molar-refractivity contribution < 1.29 is 0 Å². The van der Waals surface area contributed by atoms with E-state index >= 15 is 0 Å². The highest BCUT2D eigenvalue weighted by Gasteiger charge is 1.88. The summed E-state index contributed by atoms with van der Waals surface area (Å²) < 4.78 is 0. The lowest BCUT2D eigenvalue weighted by Crippen LogP contribution is -1.94. The van der Waals surface area contributed by atoms with E-state index in [1.807, 2.05) is 32.0 Å². The first-order valence-electron chi connectivity index (χ1n) is 4.06. The fourth-order valence-corrected chi connectivity index (χ4v) is 0.715. The predicted octanol–water partition coefficient (Wildman–Crippen LogP) is 2.04. The maximum Gasteiger partial charge on any atom is 0.0991 e. The maximum absolute atomic E-state index is 8.42. The van der Waals surface area contributed by atoms with Gasteiger partial charge in [0.1, 0.15) is 0 Å². The molecule has 0 spiro atoms. The van der Waals surface area contributed by atoms with Crippen LogP contribution in [-0.2, 0) is 6.54 Å². The molecule has 0 aliphatic carbocycles. The van der Waals surface area contributed by atoms with E-state index in [1.54, 1.807) is 12.1 Å². The molecule has 1 aromatic rings. The van der Waals surface area contributed by atoms with Crippen molar-refractivity contribution in [1.82, 2.24) is 0 Å². The van der Waals surface area contributed by atoms with Crippen molar-refractivity contribution in [1.29, 1.82) is 5.26 Å². The number of nitrogens with zero attached hydrogens (tertiary/aromatic N) is 1. The Morgan fingerprint density at radius 1 is 1.25 bits per heavy atom. The van der Waals surface area contributed by atoms with Crippen molar-refractivity contribution >= 4 is 0 Å². The van der Waals surface area contributed by atoms with Gasteiger partial charge in [0.15, 0.2) is 0 Å². The molecule has 0 aliphatic rings. The fourth-order valence-electron chi connectivity index (χ4n) is 0.715. The summed E-state index contributed by atoms with van der Waals surface area (Å²) in [6.07, 6.45) is 0. The van der Waals surface area contributed by atoms with Gasteiger partial charge in [-0.25, -0.2) is 0 Å². The van der Waals surface area contributed by atoms with E-state index in [0.29, 0.717) is 12.1 Å². The molecule has 0 radical (unpaired) electrons. The van der Waals surface area contributed by atoms with Crippen LogP contribution in [0.15, 0.2) is 24.3 Å². The molecule has 0 fully saturated rings. The Kier molecular flexibility index (Phi) is 5.68. The zero-order valence-corrected chi connectivity index (χ0v) is 7.54. The van der Waals surface area contributed by atoms with Crippen LogP contribution < -0.4 is 5.73 Å². The van der Waals surface area contributed by atoms with Crippen LogP contribution in [0.2, 0.25) is 0 Å². The smallest absolute Gasteiger partial charge is 0.0991 e. The molecule has 1 aromatic carbocycles. The summed E-state index contributed by atoms with van der Waals surface area (Å²) in [5.74, 6) is 0. The average molecular weight is 162 g/mol. The van der Waals surface area contributed by atoms with Gasteiger partial charge in [0, 0.05) is 6.54 Å². The molecule has 0 aliphatic heterocycles. The SMILES string of the molecule is CC.N#Cc1ccc(CN)cc1. The lowest BCUT2D eigenvalue weighted by atomic mass is 10.1. The van der Waals surface area contributed by atoms with E-state index in [9.17, 15) is 0 Å². The molecular formula is C10H14N2. The average Bonchev–Trinajstić information content (AvgIpc) is 2.21. The number of hydrogen-bond acceptors (Lipinski definition) is 2. The molecule has 0 saturated heterocycles. The van der Waals surface area contributed by atoms with Crippen LogP contribution in [0.1, 0.15) is 25.0 Å². The molecule has 0 unspecified atom stereocenters. The number of nitriles is 1. The number of rotatable bonds is 1. The minimum Gasteiger partial charge on any atom is -0.326 e. The van der Waals surface area contributed by atoms with Gasteiger partial charge in [-0.05, 0) is 17.7 Å². The minimum absolute atomic E-state index is 0.533. The maximum atomic E-state index is 8.42. The van der Waals surface area contributed by atoms with Gasteiger partial charge in [-0.15, -0.1) is 0 Å². The first-order chi connectivity index (χ1) is 5.86. The van der Waals surface area contributed by atoms with Crippen molar-refractivity contribution in [3.63, 3.8) is 0 Å². The third-order valence-corrected chi connectivity index (χ3v) is 1.32. The summed E-state index contributed by atoms with van der Waals surface area (Å²) in [7, 11) is 0. The normalized spacial score (nSPS) is 7.83. The van der Waals surface area contributed by atoms with Crippen LogP contribution in [0.5, 0.6) is 0 Å². The second kappa shape index (κ2) is 6.38. The van der Waals surface area contributed by atoms with Gasteiger partial charge in [0.25, 0.3) is 0 Å². The summed E-state index contributed by atoms with van der Waals surface area (Å²) in [6.45, 7) is 4.53. The topological polar surface area (TPSA) is 49.8 Å². The van der Waals surface area contributed by atoms with Gasteiger partial charge >= 0.3 is 0 Å². The lowest BCUT2D eigenvalue weighted by molar-refractivity contribution is 1.07. The fraction of sp³-hybridized carbons (Fsp3) is 0.300. The van der Waals surface area contributed by atoms with Crippen molar-refractivity contribution in [2.75, 3.05) is 0 Å². The van der Waals surface area contributed by atoms with Gasteiger partial charge in [-0.2, -0.15) is 5.26 Å². The Labute approximate surface area is 73.6 Å². The van der Waals surface area contributed by atoms with Crippen molar-refractivity contribution in [2.24, 2.45) is 5.73 Å². The zero-order valence-electron chi connectivity index (χ0n) is 7.54. The van der Waals surface area contributed by atoms with Crippen molar-refractivity contribution in [3.8, 4) is 6.07 Å². The molecule has 2 N–H and O–H groups in total. The Balaban J connectivity index is 0.000000561. The van der Waals surface area contributed by atoms with Crippen LogP contribution >= 0.6 is 0 Å². The first-order valence-corrected chi connectivity index (χ1v) is 4.06. The van der Waals surface area contributed by atoms with Gasteiger partial charge in [0.2, 0.25) is 0 Å². The molecular weight excluding hydrogens is 148 g/mol. The van der Waals surface area contributed by atoms with Gasteiger partial charge < -0.3 is 5.73 Å². The van der Waals surface area contributed by atoms with Crippen LogP contribution in [0.25, 0.3) is 0 Å². The molecule has 2 heteroatoms. The number of nitrogens with two attached hydrogens (primary N) is 1. The van der Waals surface area contributed by atoms with E-state index in [2.05, 4.69) is 0 Å². The molecule has 0 aromatic heterocycles. The summed E-state index contributed by atoms with van der Waals surface area (Å²) in [4.78, 5) is 0. The van der Waals surface area contributed by atoms with Gasteiger partial charge in [-0.3, -0.25) is 0 Å². The zero-order chi connectivity index (χ0) is 9.40. The third kappa shape index (κ3) is 3.18. The summed E-state index contributed by atoms with van der Waals surface area (Å²) in [5.41, 5.74) is 7.09. The van der Waals surface area contributed by atoms with E-state index in [1.165, 1.54) is 0 Å².